The van der Waals surface area contributed by atoms with E-state index in [1.807, 2.05) is 0 Å². The van der Waals surface area contributed by atoms with Crippen molar-refractivity contribution in [1.82, 2.24) is 0 Å². The Morgan fingerprint density at radius 1 is 1.06 bits per heavy atom. The van der Waals surface area contributed by atoms with Crippen molar-refractivity contribution in [3.05, 3.63) is 63.7 Å². The molecule has 0 aliphatic rings. The molecule has 17 heavy (non-hydrogen) atoms. The monoisotopic (exact) mass is 337 g/mol. The van der Waals surface area contributed by atoms with E-state index in [-0.39, 0.29) is 0 Å². The van der Waals surface area contributed by atoms with Crippen LogP contribution in [0.2, 0.25) is 0 Å². The van der Waals surface area contributed by atoms with Crippen LogP contribution in [0.25, 0.3) is 0 Å². The summed E-state index contributed by atoms with van der Waals surface area (Å²) < 4.78 is 1.26. The lowest BCUT2D eigenvalue weighted by molar-refractivity contribution is 0.749. The molecule has 0 bridgehead atoms. The van der Waals surface area contributed by atoms with Gasteiger partial charge in [-0.25, -0.2) is 0 Å². The van der Waals surface area contributed by atoms with Crippen LogP contribution in [0.3, 0.4) is 0 Å². The minimum Gasteiger partial charge on any atom is -0.378 e. The lowest BCUT2D eigenvalue weighted by Crippen LogP contribution is -2.09. The molecule has 1 unspecified atom stereocenters. The fourth-order valence-corrected chi connectivity index (χ4v) is 2.43. The Morgan fingerprint density at radius 2 is 1.82 bits per heavy atom. The summed E-state index contributed by atoms with van der Waals surface area (Å²) >= 11 is 2.34. The third-order valence-corrected chi connectivity index (χ3v) is 3.45. The zero-order chi connectivity index (χ0) is 12.1. The molecule has 0 saturated heterocycles. The third-order valence-electron chi connectivity index (χ3n) is 2.78. The van der Waals surface area contributed by atoms with Gasteiger partial charge in [0.1, 0.15) is 0 Å². The van der Waals surface area contributed by atoms with E-state index in [4.69, 9.17) is 0 Å². The van der Waals surface area contributed by atoms with Gasteiger partial charge in [-0.3, -0.25) is 0 Å². The first-order valence-electron chi connectivity index (χ1n) is 5.86. The average Bonchev–Trinajstić information content (AvgIpc) is 2.37. The topological polar surface area (TPSA) is 12.0 Å². The molecule has 0 heterocycles. The highest BCUT2D eigenvalue weighted by atomic mass is 127. The van der Waals surface area contributed by atoms with Gasteiger partial charge in [-0.05, 0) is 52.8 Å². The number of benzene rings is 2. The molecule has 0 aliphatic heterocycles. The number of halogens is 1. The summed E-state index contributed by atoms with van der Waals surface area (Å²) in [6, 6.07) is 19.5. The molecule has 0 spiro atoms. The van der Waals surface area contributed by atoms with Gasteiger partial charge in [-0.15, -0.1) is 0 Å². The van der Waals surface area contributed by atoms with Gasteiger partial charge in [0, 0.05) is 9.26 Å². The van der Waals surface area contributed by atoms with Crippen LogP contribution >= 0.6 is 22.6 Å². The summed E-state index contributed by atoms with van der Waals surface area (Å²) in [4.78, 5) is 0. The molecule has 1 nitrogen and oxygen atoms in total. The van der Waals surface area contributed by atoms with Gasteiger partial charge >= 0.3 is 0 Å². The van der Waals surface area contributed by atoms with Gasteiger partial charge in [0.05, 0.1) is 6.04 Å². The summed E-state index contributed by atoms with van der Waals surface area (Å²) in [5, 5.41) is 3.58. The van der Waals surface area contributed by atoms with E-state index in [0.717, 1.165) is 6.42 Å². The molecule has 2 heteroatoms. The zero-order valence-corrected chi connectivity index (χ0v) is 12.0. The van der Waals surface area contributed by atoms with E-state index < -0.39 is 0 Å². The van der Waals surface area contributed by atoms with E-state index in [1.165, 1.54) is 14.8 Å². The van der Waals surface area contributed by atoms with Crippen molar-refractivity contribution in [2.24, 2.45) is 0 Å². The van der Waals surface area contributed by atoms with Gasteiger partial charge in [0.25, 0.3) is 0 Å². The molecule has 0 radical (unpaired) electrons. The number of hydrogen-bond donors (Lipinski definition) is 1. The average molecular weight is 337 g/mol. The van der Waals surface area contributed by atoms with Crippen LogP contribution < -0.4 is 5.32 Å². The normalized spacial score (nSPS) is 12.1. The van der Waals surface area contributed by atoms with E-state index >= 15 is 0 Å². The van der Waals surface area contributed by atoms with Gasteiger partial charge in [-0.1, -0.05) is 43.3 Å². The second-order valence-corrected chi connectivity index (χ2v) is 5.27. The van der Waals surface area contributed by atoms with Crippen molar-refractivity contribution in [3.8, 4) is 0 Å². The summed E-state index contributed by atoms with van der Waals surface area (Å²) in [6.07, 6.45) is 1.08. The summed E-state index contributed by atoms with van der Waals surface area (Å²) in [6.45, 7) is 2.21. The van der Waals surface area contributed by atoms with Gasteiger partial charge in [0.2, 0.25) is 0 Å². The standard InChI is InChI=1S/C15H16IN/c1-2-15(12-7-4-3-5-8-12)17-14-10-6-9-13(16)11-14/h3-11,15,17H,2H2,1H3. The number of rotatable bonds is 4. The van der Waals surface area contributed by atoms with Crippen LogP contribution in [0.1, 0.15) is 24.9 Å². The molecule has 0 aliphatic carbocycles. The Labute approximate surface area is 116 Å². The van der Waals surface area contributed by atoms with Crippen LogP contribution in [0, 0.1) is 3.57 Å². The van der Waals surface area contributed by atoms with Crippen molar-refractivity contribution >= 4 is 28.3 Å². The highest BCUT2D eigenvalue weighted by Crippen LogP contribution is 2.23. The van der Waals surface area contributed by atoms with Crippen LogP contribution in [0.5, 0.6) is 0 Å². The maximum absolute atomic E-state index is 3.58. The Balaban J connectivity index is 2.16. The highest BCUT2D eigenvalue weighted by molar-refractivity contribution is 14.1. The molecule has 1 N–H and O–H groups in total. The summed E-state index contributed by atoms with van der Waals surface area (Å²) in [7, 11) is 0. The quantitative estimate of drug-likeness (QED) is 0.786. The minimum absolute atomic E-state index is 0.384. The van der Waals surface area contributed by atoms with Gasteiger partial charge in [-0.2, -0.15) is 0 Å². The number of nitrogens with one attached hydrogen (secondary N) is 1. The molecule has 88 valence electrons. The fourth-order valence-electron chi connectivity index (χ4n) is 1.89. The highest BCUT2D eigenvalue weighted by Gasteiger charge is 2.08. The Kier molecular flexibility index (Phi) is 4.42. The first-order valence-corrected chi connectivity index (χ1v) is 6.94. The van der Waals surface area contributed by atoms with Crippen molar-refractivity contribution < 1.29 is 0 Å². The number of hydrogen-bond acceptors (Lipinski definition) is 1. The predicted octanol–water partition coefficient (Wildman–Crippen LogP) is 4.85. The van der Waals surface area contributed by atoms with Crippen molar-refractivity contribution in [3.63, 3.8) is 0 Å². The van der Waals surface area contributed by atoms with Crippen LogP contribution in [0.4, 0.5) is 5.69 Å². The first kappa shape index (κ1) is 12.4. The van der Waals surface area contributed by atoms with Gasteiger partial charge < -0.3 is 5.32 Å². The molecule has 2 aromatic carbocycles. The molecule has 2 rings (SSSR count). The Bertz CT molecular complexity index is 467. The summed E-state index contributed by atoms with van der Waals surface area (Å²) in [5.74, 6) is 0. The lowest BCUT2D eigenvalue weighted by atomic mass is 10.0. The van der Waals surface area contributed by atoms with Crippen LogP contribution in [0.15, 0.2) is 54.6 Å². The van der Waals surface area contributed by atoms with Crippen LogP contribution in [-0.2, 0) is 0 Å². The van der Waals surface area contributed by atoms with E-state index in [0.29, 0.717) is 6.04 Å². The minimum atomic E-state index is 0.384. The van der Waals surface area contributed by atoms with Crippen molar-refractivity contribution in [1.29, 1.82) is 0 Å². The molecular formula is C15H16IN. The van der Waals surface area contributed by atoms with Crippen molar-refractivity contribution in [2.75, 3.05) is 5.32 Å². The van der Waals surface area contributed by atoms with Crippen molar-refractivity contribution in [2.45, 2.75) is 19.4 Å². The van der Waals surface area contributed by atoms with E-state index in [1.54, 1.807) is 0 Å². The maximum atomic E-state index is 3.58. The number of anilines is 1. The summed E-state index contributed by atoms with van der Waals surface area (Å²) in [5.41, 5.74) is 2.53. The largest absolute Gasteiger partial charge is 0.378 e. The molecule has 0 amide bonds. The smallest absolute Gasteiger partial charge is 0.0511 e. The molecule has 0 saturated carbocycles. The lowest BCUT2D eigenvalue weighted by Gasteiger charge is -2.18. The molecule has 1 atom stereocenters. The maximum Gasteiger partial charge on any atom is 0.0511 e. The predicted molar refractivity (Wildman–Crippen MR) is 82.3 cm³/mol. The molecular weight excluding hydrogens is 321 g/mol. The Morgan fingerprint density at radius 3 is 2.47 bits per heavy atom. The third kappa shape index (κ3) is 3.46. The molecule has 0 fully saturated rings. The molecule has 0 aromatic heterocycles. The van der Waals surface area contributed by atoms with E-state index in [2.05, 4.69) is 89.4 Å². The SMILES string of the molecule is CCC(Nc1cccc(I)c1)c1ccccc1. The van der Waals surface area contributed by atoms with Gasteiger partial charge in [0.15, 0.2) is 0 Å². The van der Waals surface area contributed by atoms with Crippen LogP contribution in [-0.4, -0.2) is 0 Å². The fraction of sp³-hybridized carbons (Fsp3) is 0.200. The second-order valence-electron chi connectivity index (χ2n) is 4.03. The second kappa shape index (κ2) is 6.05. The zero-order valence-electron chi connectivity index (χ0n) is 9.86. The molecule has 2 aromatic rings. The first-order chi connectivity index (χ1) is 8.29. The Hall–Kier alpha value is -1.03. The van der Waals surface area contributed by atoms with E-state index in [9.17, 15) is 0 Å².